The summed E-state index contributed by atoms with van der Waals surface area (Å²) in [5.74, 6) is 0.180. The summed E-state index contributed by atoms with van der Waals surface area (Å²) in [6.45, 7) is 3.83. The van der Waals surface area contributed by atoms with Gasteiger partial charge in [0.15, 0.2) is 5.92 Å². The van der Waals surface area contributed by atoms with E-state index in [0.717, 1.165) is 13.1 Å². The van der Waals surface area contributed by atoms with Gasteiger partial charge in [0.2, 0.25) is 5.91 Å². The molecular formula is C31H44N2O3. The SMILES string of the molecule is CCOC(=O)[C@@H]1C(=O)N(CC2CCCCC2)[C@H](C2C=CC=C2)N(CC2CCCCC2)[C@H]1C1C=CC=C1. The van der Waals surface area contributed by atoms with Crippen LogP contribution in [-0.2, 0) is 14.3 Å². The zero-order valence-electron chi connectivity index (χ0n) is 22.0. The van der Waals surface area contributed by atoms with Crippen LogP contribution in [0.25, 0.3) is 0 Å². The Balaban J connectivity index is 1.55. The van der Waals surface area contributed by atoms with Gasteiger partial charge in [0.1, 0.15) is 0 Å². The van der Waals surface area contributed by atoms with Crippen LogP contribution in [0.4, 0.5) is 0 Å². The first-order chi connectivity index (χ1) is 17.7. The van der Waals surface area contributed by atoms with Crippen LogP contribution < -0.4 is 0 Å². The third kappa shape index (κ3) is 5.41. The summed E-state index contributed by atoms with van der Waals surface area (Å²) in [5, 5.41) is 0. The Morgan fingerprint density at radius 3 is 1.89 bits per heavy atom. The lowest BCUT2D eigenvalue weighted by Gasteiger charge is -2.55. The predicted molar refractivity (Wildman–Crippen MR) is 143 cm³/mol. The van der Waals surface area contributed by atoms with Crippen LogP contribution in [0, 0.1) is 29.6 Å². The van der Waals surface area contributed by atoms with Crippen LogP contribution >= 0.6 is 0 Å². The van der Waals surface area contributed by atoms with Gasteiger partial charge in [-0.05, 0) is 44.4 Å². The first kappa shape index (κ1) is 25.5. The fraction of sp³-hybridized carbons (Fsp3) is 0.677. The number of carbonyl (C=O) groups is 2. The van der Waals surface area contributed by atoms with Crippen molar-refractivity contribution in [2.75, 3.05) is 19.7 Å². The maximum Gasteiger partial charge on any atom is 0.320 e. The van der Waals surface area contributed by atoms with Gasteiger partial charge in [-0.1, -0.05) is 87.1 Å². The van der Waals surface area contributed by atoms with E-state index in [9.17, 15) is 9.59 Å². The third-order valence-electron chi connectivity index (χ3n) is 9.14. The van der Waals surface area contributed by atoms with E-state index in [1.54, 1.807) is 0 Å². The smallest absolute Gasteiger partial charge is 0.320 e. The zero-order valence-corrected chi connectivity index (χ0v) is 22.0. The summed E-state index contributed by atoms with van der Waals surface area (Å²) in [6.07, 6.45) is 29.7. The Bertz CT molecular complexity index is 869. The number of esters is 1. The van der Waals surface area contributed by atoms with E-state index >= 15 is 0 Å². The summed E-state index contributed by atoms with van der Waals surface area (Å²) in [7, 11) is 0. The lowest BCUT2D eigenvalue weighted by Crippen LogP contribution is -2.70. The molecule has 3 atom stereocenters. The van der Waals surface area contributed by atoms with Crippen molar-refractivity contribution < 1.29 is 14.3 Å². The van der Waals surface area contributed by atoms with Gasteiger partial charge in [0.25, 0.3) is 0 Å². The van der Waals surface area contributed by atoms with E-state index in [2.05, 4.69) is 58.4 Å². The molecule has 1 saturated heterocycles. The molecule has 5 aliphatic rings. The number of rotatable bonds is 8. The fourth-order valence-electron chi connectivity index (χ4n) is 7.41. The topological polar surface area (TPSA) is 49.9 Å². The second-order valence-electron chi connectivity index (χ2n) is 11.5. The van der Waals surface area contributed by atoms with Crippen molar-refractivity contribution >= 4 is 11.9 Å². The largest absolute Gasteiger partial charge is 0.465 e. The number of hydrogen-bond acceptors (Lipinski definition) is 4. The standard InChI is InChI=1S/C31H44N2O3/c1-2-36-31(35)27-28(25-17-9-10-18-25)32(21-23-13-5-3-6-14-23)29(26-19-11-12-20-26)33(30(27)34)22-24-15-7-4-8-16-24/h9-12,17-20,23-29H,2-8,13-16,21-22H2,1H3/t27-,28-,29+/m0/s1. The van der Waals surface area contributed by atoms with E-state index in [0.29, 0.717) is 18.4 Å². The van der Waals surface area contributed by atoms with Crippen molar-refractivity contribution in [2.24, 2.45) is 29.6 Å². The van der Waals surface area contributed by atoms with Gasteiger partial charge >= 0.3 is 5.97 Å². The van der Waals surface area contributed by atoms with Gasteiger partial charge in [0, 0.05) is 31.0 Å². The minimum Gasteiger partial charge on any atom is -0.465 e. The number of nitrogens with zero attached hydrogens (tertiary/aromatic N) is 2. The summed E-state index contributed by atoms with van der Waals surface area (Å²) >= 11 is 0. The molecule has 0 spiro atoms. The first-order valence-corrected chi connectivity index (χ1v) is 14.6. The molecule has 5 nitrogen and oxygen atoms in total. The van der Waals surface area contributed by atoms with Crippen molar-refractivity contribution in [3.63, 3.8) is 0 Å². The average molecular weight is 493 g/mol. The Kier molecular flexibility index (Phi) is 8.46. The van der Waals surface area contributed by atoms with Crippen LogP contribution in [-0.4, -0.2) is 53.6 Å². The zero-order chi connectivity index (χ0) is 24.9. The molecule has 1 aliphatic heterocycles. The van der Waals surface area contributed by atoms with Gasteiger partial charge in [-0.25, -0.2) is 0 Å². The van der Waals surface area contributed by atoms with Crippen LogP contribution in [0.5, 0.6) is 0 Å². The molecule has 36 heavy (non-hydrogen) atoms. The number of ether oxygens (including phenoxy) is 1. The highest BCUT2D eigenvalue weighted by atomic mass is 16.5. The van der Waals surface area contributed by atoms with Crippen LogP contribution in [0.3, 0.4) is 0 Å². The Morgan fingerprint density at radius 2 is 1.33 bits per heavy atom. The van der Waals surface area contributed by atoms with Crippen LogP contribution in [0.2, 0.25) is 0 Å². The highest BCUT2D eigenvalue weighted by Crippen LogP contribution is 2.41. The fourth-order valence-corrected chi connectivity index (χ4v) is 7.41. The summed E-state index contributed by atoms with van der Waals surface area (Å²) in [4.78, 5) is 32.6. The Labute approximate surface area is 217 Å². The van der Waals surface area contributed by atoms with Gasteiger partial charge in [-0.2, -0.15) is 0 Å². The molecule has 0 N–H and O–H groups in total. The molecule has 196 valence electrons. The molecule has 4 aliphatic carbocycles. The average Bonchev–Trinajstić information content (AvgIpc) is 3.62. The van der Waals surface area contributed by atoms with Gasteiger partial charge < -0.3 is 9.64 Å². The first-order valence-electron chi connectivity index (χ1n) is 14.6. The second-order valence-corrected chi connectivity index (χ2v) is 11.5. The van der Waals surface area contributed by atoms with Crippen molar-refractivity contribution in [1.82, 2.24) is 9.80 Å². The maximum atomic E-state index is 14.4. The monoisotopic (exact) mass is 492 g/mol. The quantitative estimate of drug-likeness (QED) is 0.325. The molecule has 0 radical (unpaired) electrons. The molecule has 5 rings (SSSR count). The highest BCUT2D eigenvalue weighted by molar-refractivity contribution is 5.99. The minimum atomic E-state index is -0.778. The van der Waals surface area contributed by atoms with Gasteiger partial charge in [0.05, 0.1) is 12.8 Å². The Hall–Kier alpha value is -2.14. The summed E-state index contributed by atoms with van der Waals surface area (Å²) in [6, 6.07) is -0.205. The van der Waals surface area contributed by atoms with Gasteiger partial charge in [-0.3, -0.25) is 14.5 Å². The lowest BCUT2D eigenvalue weighted by atomic mass is 9.79. The van der Waals surface area contributed by atoms with Crippen molar-refractivity contribution in [3.8, 4) is 0 Å². The third-order valence-corrected chi connectivity index (χ3v) is 9.14. The number of hydrogen-bond donors (Lipinski definition) is 0. The van der Waals surface area contributed by atoms with Crippen molar-refractivity contribution in [3.05, 3.63) is 48.6 Å². The molecule has 0 aromatic heterocycles. The molecule has 2 saturated carbocycles. The number of allylic oxidation sites excluding steroid dienone is 4. The maximum absolute atomic E-state index is 14.4. The minimum absolute atomic E-state index is 0.0173. The number of carbonyl (C=O) groups excluding carboxylic acids is 2. The molecule has 3 fully saturated rings. The van der Waals surface area contributed by atoms with Gasteiger partial charge in [-0.15, -0.1) is 0 Å². The number of amides is 1. The molecule has 0 bridgehead atoms. The predicted octanol–water partition coefficient (Wildman–Crippen LogP) is 5.65. The van der Waals surface area contributed by atoms with E-state index in [4.69, 9.17) is 4.74 Å². The lowest BCUT2D eigenvalue weighted by molar-refractivity contribution is -0.178. The highest BCUT2D eigenvalue weighted by Gasteiger charge is 2.54. The van der Waals surface area contributed by atoms with Crippen LogP contribution in [0.15, 0.2) is 48.6 Å². The van der Waals surface area contributed by atoms with Crippen LogP contribution in [0.1, 0.15) is 71.1 Å². The van der Waals surface area contributed by atoms with Crippen molar-refractivity contribution in [2.45, 2.75) is 83.3 Å². The molecule has 0 unspecified atom stereocenters. The molecule has 1 heterocycles. The summed E-state index contributed by atoms with van der Waals surface area (Å²) in [5.41, 5.74) is 0. The molecule has 0 aromatic carbocycles. The second kappa shape index (κ2) is 11.9. The molecule has 0 aromatic rings. The van der Waals surface area contributed by atoms with E-state index in [-0.39, 0.29) is 35.9 Å². The summed E-state index contributed by atoms with van der Waals surface area (Å²) < 4.78 is 5.59. The molecular weight excluding hydrogens is 448 g/mol. The normalized spacial score (nSPS) is 30.6. The van der Waals surface area contributed by atoms with E-state index < -0.39 is 5.92 Å². The van der Waals surface area contributed by atoms with Crippen molar-refractivity contribution in [1.29, 1.82) is 0 Å². The van der Waals surface area contributed by atoms with E-state index in [1.165, 1.54) is 64.2 Å². The molecule has 5 heteroatoms. The Morgan fingerprint density at radius 1 is 0.806 bits per heavy atom. The van der Waals surface area contributed by atoms with E-state index in [1.807, 2.05) is 6.92 Å². The molecule has 1 amide bonds.